The van der Waals surface area contributed by atoms with Crippen LogP contribution in [0.2, 0.25) is 0 Å². The van der Waals surface area contributed by atoms with Gasteiger partial charge in [-0.1, -0.05) is 18.2 Å². The molecule has 6 heteroatoms. The fourth-order valence-electron chi connectivity index (χ4n) is 3.50. The van der Waals surface area contributed by atoms with Crippen LogP contribution in [-0.4, -0.2) is 43.4 Å². The number of hydrogen-bond acceptors (Lipinski definition) is 3. The molecule has 1 amide bonds. The smallest absolute Gasteiger partial charge is 0.275 e. The van der Waals surface area contributed by atoms with E-state index >= 15 is 0 Å². The lowest BCUT2D eigenvalue weighted by molar-refractivity contribution is 0.0580. The quantitative estimate of drug-likeness (QED) is 0.806. The van der Waals surface area contributed by atoms with Crippen molar-refractivity contribution in [2.75, 3.05) is 6.54 Å². The van der Waals surface area contributed by atoms with Crippen molar-refractivity contribution in [3.05, 3.63) is 47.9 Å². The van der Waals surface area contributed by atoms with E-state index in [0.717, 1.165) is 48.8 Å². The molecule has 2 aromatic heterocycles. The second kappa shape index (κ2) is 6.11. The molecule has 1 saturated heterocycles. The Morgan fingerprint density at radius 3 is 3.04 bits per heavy atom. The fourth-order valence-corrected chi connectivity index (χ4v) is 3.50. The van der Waals surface area contributed by atoms with E-state index in [9.17, 15) is 4.79 Å². The first-order chi connectivity index (χ1) is 11.7. The number of hydrogen-bond donors (Lipinski definition) is 1. The zero-order chi connectivity index (χ0) is 16.5. The molecule has 0 radical (unpaired) electrons. The first kappa shape index (κ1) is 14.9. The van der Waals surface area contributed by atoms with Gasteiger partial charge in [0.2, 0.25) is 0 Å². The van der Waals surface area contributed by atoms with Gasteiger partial charge in [0.1, 0.15) is 0 Å². The number of fused-ring (bicyclic) bond motifs is 1. The van der Waals surface area contributed by atoms with Gasteiger partial charge in [-0.25, -0.2) is 0 Å². The summed E-state index contributed by atoms with van der Waals surface area (Å²) >= 11 is 0. The zero-order valence-corrected chi connectivity index (χ0v) is 13.8. The Balaban J connectivity index is 1.61. The van der Waals surface area contributed by atoms with E-state index in [-0.39, 0.29) is 11.9 Å². The number of amides is 1. The molecule has 1 aromatic carbocycles. The van der Waals surface area contributed by atoms with E-state index in [1.165, 1.54) is 0 Å². The highest BCUT2D eigenvalue weighted by Crippen LogP contribution is 2.23. The number of carbonyl (C=O) groups is 1. The van der Waals surface area contributed by atoms with Crippen molar-refractivity contribution in [3.63, 3.8) is 0 Å². The Morgan fingerprint density at radius 2 is 2.21 bits per heavy atom. The summed E-state index contributed by atoms with van der Waals surface area (Å²) in [5.74, 6) is 0.0148. The summed E-state index contributed by atoms with van der Waals surface area (Å²) in [4.78, 5) is 15.1. The van der Waals surface area contributed by atoms with E-state index in [1.807, 2.05) is 53.2 Å². The largest absolute Gasteiger partial charge is 0.332 e. The minimum absolute atomic E-state index is 0.0148. The maximum atomic E-state index is 13.1. The van der Waals surface area contributed by atoms with Crippen LogP contribution in [0.25, 0.3) is 10.9 Å². The first-order valence-electron chi connectivity index (χ1n) is 8.45. The van der Waals surface area contributed by atoms with E-state index < -0.39 is 0 Å². The molecule has 6 nitrogen and oxygen atoms in total. The van der Waals surface area contributed by atoms with Crippen LogP contribution in [0.3, 0.4) is 0 Å². The van der Waals surface area contributed by atoms with Gasteiger partial charge in [-0.05, 0) is 37.8 Å². The van der Waals surface area contributed by atoms with Crippen molar-refractivity contribution in [1.29, 1.82) is 0 Å². The number of aromatic amines is 1. The Labute approximate surface area is 140 Å². The van der Waals surface area contributed by atoms with Crippen LogP contribution >= 0.6 is 0 Å². The molecule has 0 saturated carbocycles. The van der Waals surface area contributed by atoms with Crippen molar-refractivity contribution >= 4 is 16.8 Å². The number of H-pyrrole nitrogens is 1. The summed E-state index contributed by atoms with van der Waals surface area (Å²) < 4.78 is 1.94. The summed E-state index contributed by atoms with van der Waals surface area (Å²) in [6, 6.07) is 7.94. The maximum absolute atomic E-state index is 13.1. The highest BCUT2D eigenvalue weighted by molar-refractivity contribution is 6.04. The van der Waals surface area contributed by atoms with Crippen LogP contribution in [0.1, 0.15) is 35.3 Å². The SMILES string of the molecule is Cc1cnn(CC2CCCCN2C(=O)c2n[nH]c3ccccc23)c1. The van der Waals surface area contributed by atoms with Crippen LogP contribution < -0.4 is 0 Å². The average Bonchev–Trinajstić information content (AvgIpc) is 3.21. The Bertz CT molecular complexity index is 865. The standard InChI is InChI=1S/C18H21N5O/c1-13-10-19-22(11-13)12-14-6-4-5-9-23(14)18(24)17-15-7-2-3-8-16(15)20-21-17/h2-3,7-8,10-11,14H,4-6,9,12H2,1H3,(H,20,21). The number of aromatic nitrogens is 4. The Hall–Kier alpha value is -2.63. The number of nitrogens with one attached hydrogen (secondary N) is 1. The van der Waals surface area contributed by atoms with E-state index in [2.05, 4.69) is 15.3 Å². The average molecular weight is 323 g/mol. The van der Waals surface area contributed by atoms with Gasteiger partial charge in [-0.2, -0.15) is 10.2 Å². The summed E-state index contributed by atoms with van der Waals surface area (Å²) in [5.41, 5.74) is 2.56. The van der Waals surface area contributed by atoms with Crippen LogP contribution in [-0.2, 0) is 6.54 Å². The van der Waals surface area contributed by atoms with Gasteiger partial charge in [-0.15, -0.1) is 0 Å². The summed E-state index contributed by atoms with van der Waals surface area (Å²) in [5, 5.41) is 12.5. The maximum Gasteiger partial charge on any atom is 0.275 e. The molecule has 1 aliphatic rings. The number of likely N-dealkylation sites (tertiary alicyclic amines) is 1. The highest BCUT2D eigenvalue weighted by Gasteiger charge is 2.30. The molecule has 0 aliphatic carbocycles. The predicted molar refractivity (Wildman–Crippen MR) is 91.7 cm³/mol. The summed E-state index contributed by atoms with van der Waals surface area (Å²) in [6.07, 6.45) is 7.09. The Kier molecular flexibility index (Phi) is 3.80. The van der Waals surface area contributed by atoms with E-state index in [4.69, 9.17) is 0 Å². The zero-order valence-electron chi connectivity index (χ0n) is 13.8. The second-order valence-corrected chi connectivity index (χ2v) is 6.51. The molecule has 0 spiro atoms. The molecule has 3 aromatic rings. The molecule has 0 bridgehead atoms. The topological polar surface area (TPSA) is 66.8 Å². The molecule has 124 valence electrons. The first-order valence-corrected chi connectivity index (χ1v) is 8.45. The summed E-state index contributed by atoms with van der Waals surface area (Å²) in [6.45, 7) is 3.55. The fraction of sp³-hybridized carbons (Fsp3) is 0.389. The highest BCUT2D eigenvalue weighted by atomic mass is 16.2. The lowest BCUT2D eigenvalue weighted by Crippen LogP contribution is -2.46. The number of rotatable bonds is 3. The normalized spacial score (nSPS) is 18.2. The van der Waals surface area contributed by atoms with Gasteiger partial charge in [0, 0.05) is 18.1 Å². The second-order valence-electron chi connectivity index (χ2n) is 6.51. The molecular weight excluding hydrogens is 302 g/mol. The van der Waals surface area contributed by atoms with E-state index in [0.29, 0.717) is 5.69 Å². The third-order valence-corrected chi connectivity index (χ3v) is 4.72. The number of para-hydroxylation sites is 1. The van der Waals surface area contributed by atoms with Crippen molar-refractivity contribution in [2.45, 2.75) is 38.8 Å². The van der Waals surface area contributed by atoms with Gasteiger partial charge in [0.25, 0.3) is 5.91 Å². The molecule has 1 fully saturated rings. The monoisotopic (exact) mass is 323 g/mol. The minimum Gasteiger partial charge on any atom is -0.332 e. The third-order valence-electron chi connectivity index (χ3n) is 4.72. The number of piperidine rings is 1. The summed E-state index contributed by atoms with van der Waals surface area (Å²) in [7, 11) is 0. The molecular formula is C18H21N5O. The van der Waals surface area contributed by atoms with E-state index in [1.54, 1.807) is 0 Å². The Morgan fingerprint density at radius 1 is 1.33 bits per heavy atom. The van der Waals surface area contributed by atoms with Crippen LogP contribution in [0.15, 0.2) is 36.7 Å². The van der Waals surface area contributed by atoms with Crippen molar-refractivity contribution in [3.8, 4) is 0 Å². The molecule has 1 atom stereocenters. The van der Waals surface area contributed by atoms with Gasteiger partial charge >= 0.3 is 0 Å². The van der Waals surface area contributed by atoms with Crippen LogP contribution in [0, 0.1) is 6.92 Å². The minimum atomic E-state index is 0.0148. The molecule has 4 rings (SSSR count). The number of aryl methyl sites for hydroxylation is 1. The van der Waals surface area contributed by atoms with Crippen molar-refractivity contribution in [2.24, 2.45) is 0 Å². The predicted octanol–water partition coefficient (Wildman–Crippen LogP) is 2.76. The molecule has 1 N–H and O–H groups in total. The lowest BCUT2D eigenvalue weighted by atomic mass is 10.0. The molecule has 24 heavy (non-hydrogen) atoms. The van der Waals surface area contributed by atoms with Gasteiger partial charge in [-0.3, -0.25) is 14.6 Å². The van der Waals surface area contributed by atoms with Crippen molar-refractivity contribution in [1.82, 2.24) is 24.9 Å². The van der Waals surface area contributed by atoms with Crippen LogP contribution in [0.5, 0.6) is 0 Å². The van der Waals surface area contributed by atoms with Gasteiger partial charge < -0.3 is 4.90 Å². The lowest BCUT2D eigenvalue weighted by Gasteiger charge is -2.35. The van der Waals surface area contributed by atoms with Crippen molar-refractivity contribution < 1.29 is 4.79 Å². The molecule has 3 heterocycles. The number of benzene rings is 1. The molecule has 1 aliphatic heterocycles. The van der Waals surface area contributed by atoms with Gasteiger partial charge in [0.15, 0.2) is 5.69 Å². The number of carbonyl (C=O) groups excluding carboxylic acids is 1. The third kappa shape index (κ3) is 2.68. The van der Waals surface area contributed by atoms with Crippen LogP contribution in [0.4, 0.5) is 0 Å². The number of nitrogens with zero attached hydrogens (tertiary/aromatic N) is 4. The molecule has 1 unspecified atom stereocenters. The van der Waals surface area contributed by atoms with Gasteiger partial charge in [0.05, 0.1) is 24.3 Å².